The first-order chi connectivity index (χ1) is 2.94. The molecule has 0 bridgehead atoms. The maximum atomic E-state index is 11.8. The van der Waals surface area contributed by atoms with E-state index in [0.29, 0.717) is 0 Å². The van der Waals surface area contributed by atoms with E-state index in [0.717, 1.165) is 27.5 Å². The zero-order valence-corrected chi connectivity index (χ0v) is 6.24. The van der Waals surface area contributed by atoms with Gasteiger partial charge in [-0.3, -0.25) is 0 Å². The van der Waals surface area contributed by atoms with Gasteiger partial charge >= 0.3 is 4.05 Å². The van der Waals surface area contributed by atoms with Gasteiger partial charge in [-0.05, 0) is 14.1 Å². The molecule has 0 atom stereocenters. The third-order valence-electron chi connectivity index (χ3n) is 0.507. The summed E-state index contributed by atoms with van der Waals surface area (Å²) in [6.07, 6.45) is 0. The zero-order valence-electron chi connectivity index (χ0n) is 4.08. The number of nitrogens with zero attached hydrogens (tertiary/aromatic N) is 1. The van der Waals surface area contributed by atoms with Crippen molar-refractivity contribution in [2.45, 2.75) is 4.05 Å². The summed E-state index contributed by atoms with van der Waals surface area (Å²) < 4.78 is 20.8. The molecular weight excluding hydrogens is 215 g/mol. The zero-order chi connectivity index (χ0) is 6.08. The van der Waals surface area contributed by atoms with Crippen molar-refractivity contribution in [2.75, 3.05) is 14.1 Å². The van der Waals surface area contributed by atoms with Crippen molar-refractivity contribution in [1.82, 2.24) is 4.90 Å². The van der Waals surface area contributed by atoms with E-state index in [1.54, 1.807) is 0 Å². The van der Waals surface area contributed by atoms with Gasteiger partial charge in [-0.1, -0.05) is 0 Å². The second kappa shape index (κ2) is 2.21. The van der Waals surface area contributed by atoms with Gasteiger partial charge in [-0.15, -0.1) is 0 Å². The molecule has 7 heavy (non-hydrogen) atoms. The first-order valence-electron chi connectivity index (χ1n) is 1.68. The van der Waals surface area contributed by atoms with E-state index < -0.39 is 4.05 Å². The van der Waals surface area contributed by atoms with Crippen LogP contribution in [0.5, 0.6) is 0 Å². The van der Waals surface area contributed by atoms with Gasteiger partial charge < -0.3 is 0 Å². The summed E-state index contributed by atoms with van der Waals surface area (Å²) in [5, 5.41) is 0. The van der Waals surface area contributed by atoms with Gasteiger partial charge in [0.25, 0.3) is 0 Å². The Morgan fingerprint density at radius 3 is 1.57 bits per heavy atom. The summed E-state index contributed by atoms with van der Waals surface area (Å²) in [6.45, 7) is 0. The summed E-state index contributed by atoms with van der Waals surface area (Å²) in [6, 6.07) is 0. The Balaban J connectivity index is 3.54. The van der Waals surface area contributed by atoms with Crippen molar-refractivity contribution < 1.29 is 8.78 Å². The average molecular weight is 221 g/mol. The highest BCUT2D eigenvalue weighted by molar-refractivity contribution is 14.1. The molecule has 0 aliphatic heterocycles. The number of hydrogen-bond acceptors (Lipinski definition) is 1. The van der Waals surface area contributed by atoms with Crippen LogP contribution in [0.4, 0.5) is 8.78 Å². The Bertz CT molecular complexity index is 58.4. The van der Waals surface area contributed by atoms with E-state index in [1.807, 2.05) is 0 Å². The molecule has 0 amide bonds. The predicted molar refractivity (Wildman–Crippen MR) is 32.7 cm³/mol. The van der Waals surface area contributed by atoms with Crippen LogP contribution < -0.4 is 0 Å². The van der Waals surface area contributed by atoms with Crippen LogP contribution >= 0.6 is 22.6 Å². The van der Waals surface area contributed by atoms with Crippen LogP contribution in [0.2, 0.25) is 0 Å². The van der Waals surface area contributed by atoms with Crippen LogP contribution in [-0.2, 0) is 0 Å². The van der Waals surface area contributed by atoms with Crippen LogP contribution in [0.15, 0.2) is 0 Å². The normalized spacial score (nSPS) is 12.9. The minimum absolute atomic E-state index is 0.841. The standard InChI is InChI=1S/C3H6F2IN/c1-7(2)3(4,5)6/h1-2H3. The second-order valence-corrected chi connectivity index (χ2v) is 2.66. The molecule has 0 N–H and O–H groups in total. The maximum Gasteiger partial charge on any atom is 0.355 e. The fourth-order valence-corrected chi connectivity index (χ4v) is 0. The summed E-state index contributed by atoms with van der Waals surface area (Å²) in [5.74, 6) is 0. The van der Waals surface area contributed by atoms with Gasteiger partial charge in [-0.25, -0.2) is 4.90 Å². The molecule has 0 aliphatic rings. The van der Waals surface area contributed by atoms with Crippen LogP contribution in [0.3, 0.4) is 0 Å². The van der Waals surface area contributed by atoms with Gasteiger partial charge in [0.05, 0.1) is 0 Å². The average Bonchev–Trinajstić information content (AvgIpc) is 1.31. The van der Waals surface area contributed by atoms with Gasteiger partial charge in [0.1, 0.15) is 0 Å². The molecule has 0 spiro atoms. The molecular formula is C3H6F2IN. The molecule has 0 unspecified atom stereocenters. The van der Waals surface area contributed by atoms with E-state index in [-0.39, 0.29) is 0 Å². The number of halogens is 3. The lowest BCUT2D eigenvalue weighted by atomic mass is 10.9. The summed E-state index contributed by atoms with van der Waals surface area (Å²) in [7, 11) is 2.65. The highest BCUT2D eigenvalue weighted by Crippen LogP contribution is 2.23. The molecule has 0 saturated carbocycles. The molecule has 1 nitrogen and oxygen atoms in total. The molecule has 0 heterocycles. The minimum Gasteiger partial charge on any atom is -0.242 e. The number of alkyl halides is 3. The van der Waals surface area contributed by atoms with Gasteiger partial charge in [0.2, 0.25) is 0 Å². The summed E-state index contributed by atoms with van der Waals surface area (Å²) in [5.41, 5.74) is 0. The lowest BCUT2D eigenvalue weighted by Crippen LogP contribution is -2.27. The quantitative estimate of drug-likeness (QED) is 0.368. The van der Waals surface area contributed by atoms with Crippen LogP contribution in [-0.4, -0.2) is 23.0 Å². The Kier molecular flexibility index (Phi) is 2.39. The van der Waals surface area contributed by atoms with E-state index in [9.17, 15) is 8.78 Å². The Labute approximate surface area is 54.8 Å². The van der Waals surface area contributed by atoms with E-state index in [2.05, 4.69) is 0 Å². The van der Waals surface area contributed by atoms with E-state index in [4.69, 9.17) is 0 Å². The first-order valence-corrected chi connectivity index (χ1v) is 2.76. The second-order valence-electron chi connectivity index (χ2n) is 1.36. The molecule has 0 aromatic rings. The smallest absolute Gasteiger partial charge is 0.242 e. The topological polar surface area (TPSA) is 3.24 Å². The largest absolute Gasteiger partial charge is 0.355 e. The highest BCUT2D eigenvalue weighted by atomic mass is 127. The highest BCUT2D eigenvalue weighted by Gasteiger charge is 2.25. The van der Waals surface area contributed by atoms with Crippen molar-refractivity contribution in [3.8, 4) is 0 Å². The lowest BCUT2D eigenvalue weighted by Gasteiger charge is -2.15. The van der Waals surface area contributed by atoms with Crippen molar-refractivity contribution >= 4 is 22.6 Å². The van der Waals surface area contributed by atoms with Crippen LogP contribution in [0, 0.1) is 0 Å². The van der Waals surface area contributed by atoms with E-state index in [1.165, 1.54) is 14.1 Å². The van der Waals surface area contributed by atoms with Gasteiger partial charge in [0.15, 0.2) is 0 Å². The molecule has 0 aliphatic carbocycles. The minimum atomic E-state index is -2.70. The third kappa shape index (κ3) is 3.16. The molecule has 4 heteroatoms. The van der Waals surface area contributed by atoms with Gasteiger partial charge in [0, 0.05) is 22.6 Å². The Morgan fingerprint density at radius 1 is 1.43 bits per heavy atom. The Hall–Kier alpha value is 0.550. The van der Waals surface area contributed by atoms with Crippen molar-refractivity contribution in [3.05, 3.63) is 0 Å². The van der Waals surface area contributed by atoms with Crippen LogP contribution in [0.1, 0.15) is 0 Å². The molecule has 0 radical (unpaired) electrons. The van der Waals surface area contributed by atoms with Crippen molar-refractivity contribution in [3.63, 3.8) is 0 Å². The molecule has 0 aromatic carbocycles. The summed E-state index contributed by atoms with van der Waals surface area (Å²) in [4.78, 5) is 0.841. The number of hydrogen-bond donors (Lipinski definition) is 0. The predicted octanol–water partition coefficient (Wildman–Crippen LogP) is 1.53. The monoisotopic (exact) mass is 221 g/mol. The Morgan fingerprint density at radius 2 is 1.57 bits per heavy atom. The molecule has 0 fully saturated rings. The molecule has 44 valence electrons. The van der Waals surface area contributed by atoms with Gasteiger partial charge in [-0.2, -0.15) is 8.78 Å². The van der Waals surface area contributed by atoms with Crippen molar-refractivity contribution in [2.24, 2.45) is 0 Å². The SMILES string of the molecule is CN(C)C(F)(F)I. The van der Waals surface area contributed by atoms with Crippen LogP contribution in [0.25, 0.3) is 0 Å². The molecule has 0 saturated heterocycles. The third-order valence-corrected chi connectivity index (χ3v) is 1.47. The van der Waals surface area contributed by atoms with Crippen molar-refractivity contribution in [1.29, 1.82) is 0 Å². The molecule has 0 rings (SSSR count). The number of rotatable bonds is 1. The van der Waals surface area contributed by atoms with E-state index >= 15 is 0 Å². The summed E-state index contributed by atoms with van der Waals surface area (Å²) >= 11 is 1.06. The maximum absolute atomic E-state index is 11.8. The first kappa shape index (κ1) is 7.55. The fourth-order valence-electron chi connectivity index (χ4n) is 0. The fraction of sp³-hybridized carbons (Fsp3) is 1.00. The lowest BCUT2D eigenvalue weighted by molar-refractivity contribution is -0.0110. The molecule has 0 aromatic heterocycles.